The molecule has 0 unspecified atom stereocenters. The molecule has 29 heavy (non-hydrogen) atoms. The van der Waals surface area contributed by atoms with Crippen molar-refractivity contribution in [2.45, 2.75) is 37.2 Å². The normalized spacial score (nSPS) is 16.7. The molecule has 8 heteroatoms. The van der Waals surface area contributed by atoms with Crippen molar-refractivity contribution in [1.29, 1.82) is 0 Å². The van der Waals surface area contributed by atoms with E-state index in [9.17, 15) is 13.2 Å². The zero-order valence-corrected chi connectivity index (χ0v) is 18.9. The van der Waals surface area contributed by atoms with Gasteiger partial charge in [0.25, 0.3) is 5.91 Å². The van der Waals surface area contributed by atoms with E-state index >= 15 is 0 Å². The number of carbonyl (C=O) groups excluding carboxylic acids is 1. The van der Waals surface area contributed by atoms with Crippen molar-refractivity contribution in [2.24, 2.45) is 0 Å². The third-order valence-corrected chi connectivity index (χ3v) is 6.60. The van der Waals surface area contributed by atoms with E-state index in [1.807, 2.05) is 36.6 Å². The minimum Gasteiger partial charge on any atom is -0.476 e. The monoisotopic (exact) mass is 434 g/mol. The molecule has 0 aliphatic carbocycles. The van der Waals surface area contributed by atoms with Crippen LogP contribution in [0.4, 0.5) is 11.4 Å². The topological polar surface area (TPSA) is 75.7 Å². The molecule has 1 heterocycles. The molecular weight excluding hydrogens is 408 g/mol. The van der Waals surface area contributed by atoms with E-state index in [0.717, 1.165) is 16.7 Å². The molecule has 156 valence electrons. The van der Waals surface area contributed by atoms with Crippen LogP contribution < -0.4 is 14.4 Å². The fourth-order valence-electron chi connectivity index (χ4n) is 3.09. The van der Waals surface area contributed by atoms with Crippen molar-refractivity contribution in [1.82, 2.24) is 0 Å². The Kier molecular flexibility index (Phi) is 5.87. The summed E-state index contributed by atoms with van der Waals surface area (Å²) in [5.74, 6) is -0.00450. The summed E-state index contributed by atoms with van der Waals surface area (Å²) >= 11 is 1.57. The number of fused-ring (bicyclic) bond motifs is 1. The molecule has 1 aliphatic heterocycles. The lowest BCUT2D eigenvalue weighted by atomic mass is 9.86. The van der Waals surface area contributed by atoms with E-state index in [1.165, 1.54) is 4.31 Å². The average Bonchev–Trinajstić information content (AvgIpc) is 2.65. The first-order valence-corrected chi connectivity index (χ1v) is 12.3. The van der Waals surface area contributed by atoms with Gasteiger partial charge in [-0.2, -0.15) is 0 Å². The van der Waals surface area contributed by atoms with Gasteiger partial charge in [0.05, 0.1) is 18.5 Å². The van der Waals surface area contributed by atoms with Crippen molar-refractivity contribution in [3.05, 3.63) is 48.0 Å². The predicted octanol–water partition coefficient (Wildman–Crippen LogP) is 3.87. The summed E-state index contributed by atoms with van der Waals surface area (Å²) in [6, 6.07) is 12.9. The van der Waals surface area contributed by atoms with E-state index in [2.05, 4.69) is 26.1 Å². The van der Waals surface area contributed by atoms with Crippen LogP contribution in [0.25, 0.3) is 0 Å². The van der Waals surface area contributed by atoms with Crippen LogP contribution in [-0.2, 0) is 20.2 Å². The first kappa shape index (κ1) is 21.5. The van der Waals surface area contributed by atoms with Gasteiger partial charge in [-0.15, -0.1) is 11.8 Å². The lowest BCUT2D eigenvalue weighted by Gasteiger charge is -2.35. The van der Waals surface area contributed by atoms with Crippen LogP contribution in [0.2, 0.25) is 0 Å². The number of thioether (sulfide) groups is 1. The smallest absolute Gasteiger partial charge is 0.267 e. The standard InChI is InChI=1S/C21H26N2O4S2/c1-21(2,3)14-9-10-18-17(11-14)23(29(5,25)26)13-19(27-18)20(24)22-15-7-6-8-16(12-15)28-4/h6-12,19H,13H2,1-5H3,(H,22,24)/t19-/m1/s1. The summed E-state index contributed by atoms with van der Waals surface area (Å²) in [6.07, 6.45) is 2.15. The fraction of sp³-hybridized carbons (Fsp3) is 0.381. The number of benzene rings is 2. The van der Waals surface area contributed by atoms with Gasteiger partial charge >= 0.3 is 0 Å². The number of anilines is 2. The number of carbonyl (C=O) groups is 1. The van der Waals surface area contributed by atoms with Crippen LogP contribution in [0.3, 0.4) is 0 Å². The van der Waals surface area contributed by atoms with Gasteiger partial charge < -0.3 is 10.1 Å². The highest BCUT2D eigenvalue weighted by molar-refractivity contribution is 7.98. The Morgan fingerprint density at radius 3 is 2.55 bits per heavy atom. The SMILES string of the molecule is CSc1cccc(NC(=O)[C@H]2CN(S(C)(=O)=O)c3cc(C(C)(C)C)ccc3O2)c1. The van der Waals surface area contributed by atoms with Crippen LogP contribution >= 0.6 is 11.8 Å². The Bertz CT molecular complexity index is 1030. The summed E-state index contributed by atoms with van der Waals surface area (Å²) in [4.78, 5) is 13.8. The van der Waals surface area contributed by atoms with E-state index in [0.29, 0.717) is 17.1 Å². The lowest BCUT2D eigenvalue weighted by Crippen LogP contribution is -2.48. The van der Waals surface area contributed by atoms with Crippen LogP contribution in [0.1, 0.15) is 26.3 Å². The molecule has 0 saturated carbocycles. The summed E-state index contributed by atoms with van der Waals surface area (Å²) in [5, 5.41) is 2.83. The van der Waals surface area contributed by atoms with Crippen molar-refractivity contribution in [3.8, 4) is 5.75 Å². The van der Waals surface area contributed by atoms with Crippen molar-refractivity contribution < 1.29 is 17.9 Å². The zero-order valence-electron chi connectivity index (χ0n) is 17.2. The molecule has 0 bridgehead atoms. The minimum atomic E-state index is -3.58. The number of nitrogens with one attached hydrogen (secondary N) is 1. The van der Waals surface area contributed by atoms with Crippen LogP contribution in [0.15, 0.2) is 47.4 Å². The van der Waals surface area contributed by atoms with Crippen molar-refractivity contribution in [3.63, 3.8) is 0 Å². The van der Waals surface area contributed by atoms with Gasteiger partial charge in [-0.3, -0.25) is 9.10 Å². The molecule has 0 saturated heterocycles. The number of hydrogen-bond donors (Lipinski definition) is 1. The highest BCUT2D eigenvalue weighted by atomic mass is 32.2. The molecule has 1 amide bonds. The fourth-order valence-corrected chi connectivity index (χ4v) is 4.46. The Labute approximate surface area is 176 Å². The maximum absolute atomic E-state index is 12.8. The molecule has 1 N–H and O–H groups in total. The Balaban J connectivity index is 1.91. The lowest BCUT2D eigenvalue weighted by molar-refractivity contribution is -0.122. The number of amides is 1. The van der Waals surface area contributed by atoms with Crippen molar-refractivity contribution in [2.75, 3.05) is 28.7 Å². The van der Waals surface area contributed by atoms with E-state index in [4.69, 9.17) is 4.74 Å². The first-order valence-electron chi connectivity index (χ1n) is 9.23. The highest BCUT2D eigenvalue weighted by Crippen LogP contribution is 2.38. The molecular formula is C21H26N2O4S2. The molecule has 0 fully saturated rings. The summed E-state index contributed by atoms with van der Waals surface area (Å²) < 4.78 is 32.1. The number of sulfonamides is 1. The number of hydrogen-bond acceptors (Lipinski definition) is 5. The summed E-state index contributed by atoms with van der Waals surface area (Å²) in [7, 11) is -3.58. The predicted molar refractivity (Wildman–Crippen MR) is 119 cm³/mol. The van der Waals surface area contributed by atoms with Gasteiger partial charge in [-0.25, -0.2) is 8.42 Å². The molecule has 2 aromatic carbocycles. The molecule has 1 aliphatic rings. The van der Waals surface area contributed by atoms with E-state index in [-0.39, 0.29) is 17.9 Å². The van der Waals surface area contributed by atoms with Gasteiger partial charge in [0, 0.05) is 10.6 Å². The van der Waals surface area contributed by atoms with Crippen LogP contribution in [0.5, 0.6) is 5.75 Å². The second-order valence-corrected chi connectivity index (χ2v) is 10.8. The maximum atomic E-state index is 12.8. The summed E-state index contributed by atoms with van der Waals surface area (Å²) in [6.45, 7) is 6.10. The largest absolute Gasteiger partial charge is 0.476 e. The molecule has 3 rings (SSSR count). The van der Waals surface area contributed by atoms with Crippen LogP contribution in [-0.4, -0.2) is 39.5 Å². The van der Waals surface area contributed by atoms with Crippen molar-refractivity contribution >= 4 is 39.1 Å². The quantitative estimate of drug-likeness (QED) is 0.740. The van der Waals surface area contributed by atoms with Gasteiger partial charge in [-0.1, -0.05) is 32.9 Å². The van der Waals surface area contributed by atoms with Gasteiger partial charge in [0.15, 0.2) is 6.10 Å². The first-order chi connectivity index (χ1) is 13.5. The highest BCUT2D eigenvalue weighted by Gasteiger charge is 2.35. The molecule has 1 atom stereocenters. The second-order valence-electron chi connectivity index (χ2n) is 8.05. The van der Waals surface area contributed by atoms with E-state index in [1.54, 1.807) is 23.9 Å². The third kappa shape index (κ3) is 4.87. The van der Waals surface area contributed by atoms with Crippen LogP contribution in [0, 0.1) is 0 Å². The second kappa shape index (κ2) is 7.91. The number of rotatable bonds is 4. The van der Waals surface area contributed by atoms with Gasteiger partial charge in [-0.05, 0) is 47.6 Å². The zero-order chi connectivity index (χ0) is 21.4. The Morgan fingerprint density at radius 1 is 1.21 bits per heavy atom. The molecule has 0 aromatic heterocycles. The third-order valence-electron chi connectivity index (χ3n) is 4.72. The minimum absolute atomic E-state index is 0.0759. The average molecular weight is 435 g/mol. The molecule has 6 nitrogen and oxygen atoms in total. The summed E-state index contributed by atoms with van der Waals surface area (Å²) in [5.41, 5.74) is 1.96. The molecule has 2 aromatic rings. The number of ether oxygens (including phenoxy) is 1. The van der Waals surface area contributed by atoms with Gasteiger partial charge in [0.2, 0.25) is 10.0 Å². The Morgan fingerprint density at radius 2 is 1.93 bits per heavy atom. The number of nitrogens with zero attached hydrogens (tertiary/aromatic N) is 1. The van der Waals surface area contributed by atoms with E-state index < -0.39 is 16.1 Å². The maximum Gasteiger partial charge on any atom is 0.267 e. The van der Waals surface area contributed by atoms with Gasteiger partial charge in [0.1, 0.15) is 5.75 Å². The Hall–Kier alpha value is -2.19. The molecule has 0 radical (unpaired) electrons. The molecule has 0 spiro atoms.